The molecule has 0 aliphatic rings. The number of ether oxygens (including phenoxy) is 2. The molecule has 1 amide bonds. The number of rotatable bonds is 9. The number of nitrogens with two attached hydrogens (primary N) is 1. The lowest BCUT2D eigenvalue weighted by molar-refractivity contribution is -0.682. The summed E-state index contributed by atoms with van der Waals surface area (Å²) in [6.45, 7) is 3.18. The second-order valence-corrected chi connectivity index (χ2v) is 6.01. The van der Waals surface area contributed by atoms with Crippen molar-refractivity contribution < 1.29 is 19.6 Å². The van der Waals surface area contributed by atoms with Crippen molar-refractivity contribution in [2.24, 2.45) is 0 Å². The summed E-state index contributed by atoms with van der Waals surface area (Å²) in [6, 6.07) is 15.2. The van der Waals surface area contributed by atoms with Gasteiger partial charge in [0.1, 0.15) is 12.6 Å². The Morgan fingerprint density at radius 2 is 1.84 bits per heavy atom. The van der Waals surface area contributed by atoms with E-state index in [2.05, 4.69) is 5.32 Å². The second-order valence-electron chi connectivity index (χ2n) is 5.60. The van der Waals surface area contributed by atoms with Crippen LogP contribution in [0.5, 0.6) is 11.5 Å². The van der Waals surface area contributed by atoms with Gasteiger partial charge in [-0.05, 0) is 25.1 Å². The van der Waals surface area contributed by atoms with Crippen LogP contribution in [0.1, 0.15) is 18.5 Å². The molecular formula is C19H24ClN2O3+. The maximum absolute atomic E-state index is 11.9. The third kappa shape index (κ3) is 5.96. The topological polar surface area (TPSA) is 64.2 Å². The van der Waals surface area contributed by atoms with E-state index in [1.54, 1.807) is 7.11 Å². The molecule has 25 heavy (non-hydrogen) atoms. The fraction of sp³-hybridized carbons (Fsp3) is 0.316. The van der Waals surface area contributed by atoms with Crippen LogP contribution in [0.15, 0.2) is 48.5 Å². The number of quaternary nitrogens is 1. The number of carbonyl (C=O) groups is 1. The van der Waals surface area contributed by atoms with Crippen LogP contribution in [-0.2, 0) is 4.79 Å². The van der Waals surface area contributed by atoms with E-state index >= 15 is 0 Å². The van der Waals surface area contributed by atoms with E-state index in [1.807, 2.05) is 60.8 Å². The van der Waals surface area contributed by atoms with Crippen LogP contribution in [0.2, 0.25) is 5.02 Å². The molecule has 2 aromatic carbocycles. The quantitative estimate of drug-likeness (QED) is 0.671. The van der Waals surface area contributed by atoms with E-state index in [0.717, 1.165) is 10.6 Å². The van der Waals surface area contributed by atoms with Crippen LogP contribution in [0.3, 0.4) is 0 Å². The van der Waals surface area contributed by atoms with Crippen molar-refractivity contribution in [3.05, 3.63) is 59.1 Å². The maximum atomic E-state index is 11.9. The van der Waals surface area contributed by atoms with Gasteiger partial charge in [-0.1, -0.05) is 41.9 Å². The predicted molar refractivity (Wildman–Crippen MR) is 98.2 cm³/mol. The van der Waals surface area contributed by atoms with Gasteiger partial charge in [0.15, 0.2) is 18.0 Å². The number of methoxy groups -OCH3 is 1. The number of nitrogens with one attached hydrogen (secondary N) is 1. The van der Waals surface area contributed by atoms with Gasteiger partial charge in [0.2, 0.25) is 0 Å². The van der Waals surface area contributed by atoms with Gasteiger partial charge in [-0.3, -0.25) is 4.79 Å². The average molecular weight is 364 g/mol. The van der Waals surface area contributed by atoms with Crippen molar-refractivity contribution in [3.8, 4) is 11.5 Å². The largest absolute Gasteiger partial charge is 0.493 e. The highest BCUT2D eigenvalue weighted by atomic mass is 35.5. The summed E-state index contributed by atoms with van der Waals surface area (Å²) in [5.74, 6) is 1.30. The minimum absolute atomic E-state index is 0.0393. The van der Waals surface area contributed by atoms with Crippen LogP contribution in [-0.4, -0.2) is 32.7 Å². The van der Waals surface area contributed by atoms with Gasteiger partial charge in [0.25, 0.3) is 5.91 Å². The van der Waals surface area contributed by atoms with Crippen molar-refractivity contribution >= 4 is 17.5 Å². The first kappa shape index (κ1) is 19.1. The Labute approximate surface area is 153 Å². The molecule has 0 aromatic heterocycles. The van der Waals surface area contributed by atoms with Crippen molar-refractivity contribution in [2.45, 2.75) is 13.0 Å². The fourth-order valence-corrected chi connectivity index (χ4v) is 2.72. The van der Waals surface area contributed by atoms with Crippen molar-refractivity contribution in [1.29, 1.82) is 0 Å². The third-order valence-corrected chi connectivity index (χ3v) is 4.15. The predicted octanol–water partition coefficient (Wildman–Crippen LogP) is 2.17. The molecule has 1 atom stereocenters. The van der Waals surface area contributed by atoms with Crippen molar-refractivity contribution in [1.82, 2.24) is 5.32 Å². The van der Waals surface area contributed by atoms with Crippen LogP contribution >= 0.6 is 11.6 Å². The molecule has 0 heterocycles. The number of hydrogen-bond acceptors (Lipinski definition) is 3. The van der Waals surface area contributed by atoms with Crippen LogP contribution < -0.4 is 20.1 Å². The zero-order valence-corrected chi connectivity index (χ0v) is 15.3. The van der Waals surface area contributed by atoms with Gasteiger partial charge in [-0.15, -0.1) is 0 Å². The summed E-state index contributed by atoms with van der Waals surface area (Å²) in [5.41, 5.74) is 1.02. The van der Waals surface area contributed by atoms with Crippen molar-refractivity contribution in [3.63, 3.8) is 0 Å². The minimum Gasteiger partial charge on any atom is -0.493 e. The van der Waals surface area contributed by atoms with E-state index in [-0.39, 0.29) is 11.9 Å². The number of benzene rings is 2. The number of hydrogen-bond donors (Lipinski definition) is 2. The van der Waals surface area contributed by atoms with E-state index in [0.29, 0.717) is 31.2 Å². The Morgan fingerprint density at radius 1 is 1.16 bits per heavy atom. The normalized spacial score (nSPS) is 11.6. The minimum atomic E-state index is -0.0393. The molecule has 0 aliphatic heterocycles. The monoisotopic (exact) mass is 363 g/mol. The molecular weight excluding hydrogens is 340 g/mol. The molecule has 0 unspecified atom stereocenters. The third-order valence-electron chi connectivity index (χ3n) is 3.80. The van der Waals surface area contributed by atoms with Gasteiger partial charge < -0.3 is 20.1 Å². The van der Waals surface area contributed by atoms with Gasteiger partial charge in [-0.2, -0.15) is 0 Å². The zero-order chi connectivity index (χ0) is 18.1. The highest BCUT2D eigenvalue weighted by Crippen LogP contribution is 2.25. The first-order valence-electron chi connectivity index (χ1n) is 8.22. The Kier molecular flexibility index (Phi) is 7.57. The summed E-state index contributed by atoms with van der Waals surface area (Å²) >= 11 is 6.17. The molecule has 0 saturated carbocycles. The molecule has 0 bridgehead atoms. The molecule has 0 saturated heterocycles. The Morgan fingerprint density at radius 3 is 2.56 bits per heavy atom. The Bertz CT molecular complexity index is 694. The summed E-state index contributed by atoms with van der Waals surface area (Å²) in [4.78, 5) is 11.9. The lowest BCUT2D eigenvalue weighted by atomic mass is 10.1. The molecule has 0 fully saturated rings. The summed E-state index contributed by atoms with van der Waals surface area (Å²) in [5, 5.41) is 5.52. The zero-order valence-electron chi connectivity index (χ0n) is 14.5. The van der Waals surface area contributed by atoms with Crippen LogP contribution in [0.4, 0.5) is 0 Å². The number of carbonyl (C=O) groups excluding carboxylic acids is 1. The Hall–Kier alpha value is -2.24. The first-order valence-corrected chi connectivity index (χ1v) is 8.60. The van der Waals surface area contributed by atoms with E-state index in [1.165, 1.54) is 0 Å². The molecule has 0 radical (unpaired) electrons. The van der Waals surface area contributed by atoms with Crippen LogP contribution in [0, 0.1) is 0 Å². The molecule has 2 rings (SSSR count). The molecule has 2 aromatic rings. The number of para-hydroxylation sites is 2. The SMILES string of the molecule is COc1ccccc1OCCNC(=O)C[NH2+][C@H](C)c1ccccc1Cl. The molecule has 3 N–H and O–H groups in total. The first-order chi connectivity index (χ1) is 12.1. The molecule has 0 spiro atoms. The highest BCUT2D eigenvalue weighted by molar-refractivity contribution is 6.31. The van der Waals surface area contributed by atoms with Gasteiger partial charge in [0.05, 0.1) is 13.7 Å². The smallest absolute Gasteiger partial charge is 0.275 e. The molecule has 134 valence electrons. The van der Waals surface area contributed by atoms with Crippen LogP contribution in [0.25, 0.3) is 0 Å². The summed E-state index contributed by atoms with van der Waals surface area (Å²) < 4.78 is 10.8. The molecule has 0 aliphatic carbocycles. The fourth-order valence-electron chi connectivity index (χ4n) is 2.42. The second kappa shape index (κ2) is 9.91. The maximum Gasteiger partial charge on any atom is 0.275 e. The Balaban J connectivity index is 1.68. The van der Waals surface area contributed by atoms with Gasteiger partial charge in [0, 0.05) is 10.6 Å². The molecule has 6 heteroatoms. The average Bonchev–Trinajstić information content (AvgIpc) is 2.64. The van der Waals surface area contributed by atoms with E-state index in [4.69, 9.17) is 21.1 Å². The summed E-state index contributed by atoms with van der Waals surface area (Å²) in [7, 11) is 1.60. The standard InChI is InChI=1S/C19H23ClN2O3/c1-14(15-7-3-4-8-16(15)20)22-13-19(23)21-11-12-25-18-10-6-5-9-17(18)24-2/h3-10,14,22H,11-13H2,1-2H3,(H,21,23)/p+1/t14-/m1/s1. The number of amides is 1. The lowest BCUT2D eigenvalue weighted by Crippen LogP contribution is -2.87. The van der Waals surface area contributed by atoms with E-state index < -0.39 is 0 Å². The van der Waals surface area contributed by atoms with E-state index in [9.17, 15) is 4.79 Å². The van der Waals surface area contributed by atoms with Crippen molar-refractivity contribution in [2.75, 3.05) is 26.8 Å². The summed E-state index contributed by atoms with van der Waals surface area (Å²) in [6.07, 6.45) is 0. The van der Waals surface area contributed by atoms with Gasteiger partial charge >= 0.3 is 0 Å². The highest BCUT2D eigenvalue weighted by Gasteiger charge is 2.13. The lowest BCUT2D eigenvalue weighted by Gasteiger charge is -2.13. The molecule has 5 nitrogen and oxygen atoms in total. The van der Waals surface area contributed by atoms with Gasteiger partial charge in [-0.25, -0.2) is 0 Å². The number of halogens is 1.